The van der Waals surface area contributed by atoms with Gasteiger partial charge in [0.2, 0.25) is 0 Å². The Morgan fingerprint density at radius 1 is 0.850 bits per heavy atom. The van der Waals surface area contributed by atoms with Crippen LogP contribution in [-0.2, 0) is 6.42 Å². The van der Waals surface area contributed by atoms with E-state index in [1.54, 1.807) is 0 Å². The van der Waals surface area contributed by atoms with Crippen molar-refractivity contribution in [2.75, 3.05) is 13.1 Å². The molecule has 0 spiro atoms. The summed E-state index contributed by atoms with van der Waals surface area (Å²) in [6.45, 7) is 1.90. The zero-order chi connectivity index (χ0) is 13.6. The van der Waals surface area contributed by atoms with E-state index in [1.807, 2.05) is 12.1 Å². The van der Waals surface area contributed by atoms with Crippen molar-refractivity contribution in [2.24, 2.45) is 4.99 Å². The minimum atomic E-state index is 0.145. The number of hydrogen-bond acceptors (Lipinski definition) is 1. The third kappa shape index (κ3) is 3.18. The summed E-state index contributed by atoms with van der Waals surface area (Å²) in [6, 6.07) is 21.2. The van der Waals surface area contributed by atoms with Gasteiger partial charge in [0.1, 0.15) is 0 Å². The Morgan fingerprint density at radius 3 is 2.10 bits per heavy atom. The molecule has 3 rings (SSSR count). The summed E-state index contributed by atoms with van der Waals surface area (Å²) in [5.74, 6) is 0.912. The van der Waals surface area contributed by atoms with Crippen molar-refractivity contribution in [1.29, 1.82) is 0 Å². The van der Waals surface area contributed by atoms with Gasteiger partial charge in [-0.1, -0.05) is 60.7 Å². The summed E-state index contributed by atoms with van der Waals surface area (Å²) in [7, 11) is 0. The lowest BCUT2D eigenvalue weighted by Gasteiger charge is -2.14. The van der Waals surface area contributed by atoms with E-state index in [1.165, 1.54) is 11.1 Å². The molecule has 0 aliphatic carbocycles. The van der Waals surface area contributed by atoms with Gasteiger partial charge in [-0.15, -0.1) is 0 Å². The molecule has 0 amide bonds. The molecule has 0 saturated carbocycles. The number of nitrogens with one attached hydrogen (secondary N) is 2. The molecule has 0 radical (unpaired) electrons. The molecule has 1 aliphatic heterocycles. The lowest BCUT2D eigenvalue weighted by Crippen LogP contribution is -2.25. The quantitative estimate of drug-likeness (QED) is 0.891. The third-order valence-corrected chi connectivity index (χ3v) is 3.45. The number of guanidine groups is 1. The van der Waals surface area contributed by atoms with Crippen molar-refractivity contribution in [3.8, 4) is 0 Å². The van der Waals surface area contributed by atoms with Crippen LogP contribution >= 0.6 is 0 Å². The second-order valence-electron chi connectivity index (χ2n) is 4.95. The number of aliphatic imine (C=N–C) groups is 1. The molecule has 0 unspecified atom stereocenters. The van der Waals surface area contributed by atoms with Crippen LogP contribution in [-0.4, -0.2) is 19.0 Å². The molecule has 2 N–H and O–H groups in total. The Kier molecular flexibility index (Phi) is 3.97. The molecule has 0 aromatic heterocycles. The Bertz CT molecular complexity index is 555. The van der Waals surface area contributed by atoms with Crippen molar-refractivity contribution in [1.82, 2.24) is 10.6 Å². The normalized spacial score (nSPS) is 15.3. The molecule has 102 valence electrons. The van der Waals surface area contributed by atoms with Gasteiger partial charge in [-0.3, -0.25) is 0 Å². The van der Waals surface area contributed by atoms with Crippen LogP contribution in [0.15, 0.2) is 65.7 Å². The predicted molar refractivity (Wildman–Crippen MR) is 82.8 cm³/mol. The summed E-state index contributed by atoms with van der Waals surface area (Å²) < 4.78 is 0. The SMILES string of the molecule is c1ccc(C[C@@H](N=C2NCCN2)c2ccccc2)cc1. The molecular formula is C17H19N3. The number of rotatable bonds is 4. The van der Waals surface area contributed by atoms with Crippen LogP contribution in [0.25, 0.3) is 0 Å². The summed E-state index contributed by atoms with van der Waals surface area (Å²) >= 11 is 0. The van der Waals surface area contributed by atoms with Crippen LogP contribution in [0.5, 0.6) is 0 Å². The maximum atomic E-state index is 4.84. The van der Waals surface area contributed by atoms with Crippen molar-refractivity contribution in [3.05, 3.63) is 71.8 Å². The molecule has 1 saturated heterocycles. The average molecular weight is 265 g/mol. The molecule has 3 heteroatoms. The lowest BCUT2D eigenvalue weighted by molar-refractivity contribution is 0.716. The lowest BCUT2D eigenvalue weighted by atomic mass is 9.99. The van der Waals surface area contributed by atoms with E-state index in [0.29, 0.717) is 0 Å². The second kappa shape index (κ2) is 6.24. The van der Waals surface area contributed by atoms with E-state index in [0.717, 1.165) is 25.5 Å². The molecule has 20 heavy (non-hydrogen) atoms. The first-order valence-corrected chi connectivity index (χ1v) is 7.06. The van der Waals surface area contributed by atoms with Crippen LogP contribution in [0.2, 0.25) is 0 Å². The highest BCUT2D eigenvalue weighted by Crippen LogP contribution is 2.22. The smallest absolute Gasteiger partial charge is 0.192 e. The highest BCUT2D eigenvalue weighted by Gasteiger charge is 2.14. The van der Waals surface area contributed by atoms with E-state index >= 15 is 0 Å². The largest absolute Gasteiger partial charge is 0.355 e. The van der Waals surface area contributed by atoms with Crippen LogP contribution in [0.4, 0.5) is 0 Å². The monoisotopic (exact) mass is 265 g/mol. The van der Waals surface area contributed by atoms with Gasteiger partial charge in [0.05, 0.1) is 6.04 Å². The van der Waals surface area contributed by atoms with Crippen LogP contribution in [0, 0.1) is 0 Å². The van der Waals surface area contributed by atoms with Gasteiger partial charge >= 0.3 is 0 Å². The molecular weight excluding hydrogens is 246 g/mol. The third-order valence-electron chi connectivity index (χ3n) is 3.45. The van der Waals surface area contributed by atoms with Gasteiger partial charge in [0.15, 0.2) is 5.96 Å². The molecule has 1 aliphatic rings. The standard InChI is InChI=1S/C17H19N3/c1-3-7-14(8-4-1)13-16(15-9-5-2-6-10-15)20-17-18-11-12-19-17/h1-10,16H,11-13H2,(H2,18,19,20)/t16-/m1/s1. The van der Waals surface area contributed by atoms with Crippen molar-refractivity contribution < 1.29 is 0 Å². The first-order chi connectivity index (χ1) is 9.92. The average Bonchev–Trinajstić information content (AvgIpc) is 3.02. The van der Waals surface area contributed by atoms with Crippen LogP contribution in [0.3, 0.4) is 0 Å². The zero-order valence-electron chi connectivity index (χ0n) is 11.4. The van der Waals surface area contributed by atoms with Crippen LogP contribution < -0.4 is 10.6 Å². The minimum absolute atomic E-state index is 0.145. The summed E-state index contributed by atoms with van der Waals surface area (Å²) in [6.07, 6.45) is 0.914. The first-order valence-electron chi connectivity index (χ1n) is 7.06. The van der Waals surface area contributed by atoms with Gasteiger partial charge < -0.3 is 10.6 Å². The molecule has 1 fully saturated rings. The van der Waals surface area contributed by atoms with E-state index < -0.39 is 0 Å². The minimum Gasteiger partial charge on any atom is -0.355 e. The summed E-state index contributed by atoms with van der Waals surface area (Å²) in [5, 5.41) is 6.56. The fraction of sp³-hybridized carbons (Fsp3) is 0.235. The Hall–Kier alpha value is -2.29. The van der Waals surface area contributed by atoms with E-state index in [9.17, 15) is 0 Å². The highest BCUT2D eigenvalue weighted by atomic mass is 15.2. The maximum Gasteiger partial charge on any atom is 0.192 e. The Balaban J connectivity index is 1.85. The van der Waals surface area contributed by atoms with Gasteiger partial charge in [-0.05, 0) is 17.5 Å². The van der Waals surface area contributed by atoms with E-state index in [4.69, 9.17) is 4.99 Å². The fourth-order valence-electron chi connectivity index (χ4n) is 2.42. The Labute approximate surface area is 119 Å². The van der Waals surface area contributed by atoms with Gasteiger partial charge in [-0.2, -0.15) is 0 Å². The predicted octanol–water partition coefficient (Wildman–Crippen LogP) is 2.52. The van der Waals surface area contributed by atoms with Gasteiger partial charge in [0, 0.05) is 13.1 Å². The topological polar surface area (TPSA) is 36.4 Å². The van der Waals surface area contributed by atoms with Crippen molar-refractivity contribution >= 4 is 5.96 Å². The molecule has 3 nitrogen and oxygen atoms in total. The highest BCUT2D eigenvalue weighted by molar-refractivity contribution is 5.81. The molecule has 2 aromatic rings. The second-order valence-corrected chi connectivity index (χ2v) is 4.95. The fourth-order valence-corrected chi connectivity index (χ4v) is 2.42. The van der Waals surface area contributed by atoms with Gasteiger partial charge in [0.25, 0.3) is 0 Å². The van der Waals surface area contributed by atoms with Crippen LogP contribution in [0.1, 0.15) is 17.2 Å². The zero-order valence-corrected chi connectivity index (χ0v) is 11.4. The maximum absolute atomic E-state index is 4.84. The molecule has 2 aromatic carbocycles. The van der Waals surface area contributed by atoms with Gasteiger partial charge in [-0.25, -0.2) is 4.99 Å². The number of nitrogens with zero attached hydrogens (tertiary/aromatic N) is 1. The summed E-state index contributed by atoms with van der Waals surface area (Å²) in [4.78, 5) is 4.84. The van der Waals surface area contributed by atoms with Crippen molar-refractivity contribution in [3.63, 3.8) is 0 Å². The molecule has 1 heterocycles. The number of benzene rings is 2. The van der Waals surface area contributed by atoms with E-state index in [-0.39, 0.29) is 6.04 Å². The first kappa shape index (κ1) is 12.7. The summed E-state index contributed by atoms with van der Waals surface area (Å²) in [5.41, 5.74) is 2.56. The molecule has 0 bridgehead atoms. The Morgan fingerprint density at radius 2 is 1.45 bits per heavy atom. The number of hydrogen-bond donors (Lipinski definition) is 2. The van der Waals surface area contributed by atoms with E-state index in [2.05, 4.69) is 59.2 Å². The molecule has 1 atom stereocenters. The van der Waals surface area contributed by atoms with Crippen molar-refractivity contribution in [2.45, 2.75) is 12.5 Å².